The first-order valence-electron chi connectivity index (χ1n) is 6.49. The van der Waals surface area contributed by atoms with E-state index in [1.165, 1.54) is 5.56 Å². The fraction of sp³-hybridized carbons (Fsp3) is 0.357. The van der Waals surface area contributed by atoms with Gasteiger partial charge in [-0.2, -0.15) is 0 Å². The molecule has 100 valence electrons. The molecule has 5 heteroatoms. The second-order valence-electron chi connectivity index (χ2n) is 4.47. The second kappa shape index (κ2) is 5.75. The summed E-state index contributed by atoms with van der Waals surface area (Å²) in [5, 5.41) is 3.34. The van der Waals surface area contributed by atoms with Crippen molar-refractivity contribution in [1.29, 1.82) is 0 Å². The van der Waals surface area contributed by atoms with Crippen LogP contribution >= 0.6 is 0 Å². The first-order valence-corrected chi connectivity index (χ1v) is 6.49. The summed E-state index contributed by atoms with van der Waals surface area (Å²) < 4.78 is 11.3. The van der Waals surface area contributed by atoms with Crippen molar-refractivity contribution in [1.82, 2.24) is 15.3 Å². The summed E-state index contributed by atoms with van der Waals surface area (Å²) in [5.74, 6) is 2.62. The van der Waals surface area contributed by atoms with Crippen LogP contribution in [-0.4, -0.2) is 23.2 Å². The van der Waals surface area contributed by atoms with Gasteiger partial charge in [-0.1, -0.05) is 6.07 Å². The van der Waals surface area contributed by atoms with Crippen LogP contribution in [-0.2, 0) is 13.1 Å². The SMILES string of the molecule is c1c[nH]c(CNCc2ccc3c(c2)OCCCO3)n1. The van der Waals surface area contributed by atoms with Crippen molar-refractivity contribution in [2.75, 3.05) is 13.2 Å². The molecule has 0 unspecified atom stereocenters. The predicted octanol–water partition coefficient (Wildman–Crippen LogP) is 1.86. The molecule has 1 aliphatic rings. The van der Waals surface area contributed by atoms with Gasteiger partial charge in [-0.3, -0.25) is 0 Å². The quantitative estimate of drug-likeness (QED) is 0.880. The van der Waals surface area contributed by atoms with E-state index in [1.807, 2.05) is 18.3 Å². The van der Waals surface area contributed by atoms with Gasteiger partial charge in [0, 0.05) is 25.4 Å². The predicted molar refractivity (Wildman–Crippen MR) is 71.2 cm³/mol. The van der Waals surface area contributed by atoms with Gasteiger partial charge in [0.15, 0.2) is 11.5 Å². The number of hydrogen-bond acceptors (Lipinski definition) is 4. The van der Waals surface area contributed by atoms with Crippen LogP contribution in [0.1, 0.15) is 17.8 Å². The molecule has 0 radical (unpaired) electrons. The summed E-state index contributed by atoms with van der Waals surface area (Å²) in [6.45, 7) is 2.94. The highest BCUT2D eigenvalue weighted by Crippen LogP contribution is 2.30. The third-order valence-electron chi connectivity index (χ3n) is 2.99. The number of nitrogens with one attached hydrogen (secondary N) is 2. The molecule has 0 spiro atoms. The van der Waals surface area contributed by atoms with Gasteiger partial charge in [-0.05, 0) is 17.7 Å². The Kier molecular flexibility index (Phi) is 3.65. The van der Waals surface area contributed by atoms with Crippen molar-refractivity contribution in [3.8, 4) is 11.5 Å². The van der Waals surface area contributed by atoms with Crippen molar-refractivity contribution in [2.45, 2.75) is 19.5 Å². The number of aromatic amines is 1. The largest absolute Gasteiger partial charge is 0.490 e. The lowest BCUT2D eigenvalue weighted by atomic mass is 10.2. The molecule has 2 heterocycles. The number of imidazole rings is 1. The minimum absolute atomic E-state index is 0.719. The molecule has 0 amide bonds. The topological polar surface area (TPSA) is 59.2 Å². The first-order chi connectivity index (χ1) is 9.42. The zero-order valence-electron chi connectivity index (χ0n) is 10.7. The number of aromatic nitrogens is 2. The van der Waals surface area contributed by atoms with Crippen molar-refractivity contribution in [3.63, 3.8) is 0 Å². The lowest BCUT2D eigenvalue weighted by molar-refractivity contribution is 0.297. The fourth-order valence-corrected chi connectivity index (χ4v) is 2.04. The number of benzene rings is 1. The Morgan fingerprint density at radius 2 is 2.05 bits per heavy atom. The summed E-state index contributed by atoms with van der Waals surface area (Å²) in [6.07, 6.45) is 4.51. The summed E-state index contributed by atoms with van der Waals surface area (Å²) in [6, 6.07) is 6.07. The van der Waals surface area contributed by atoms with E-state index in [4.69, 9.17) is 9.47 Å². The molecule has 5 nitrogen and oxygen atoms in total. The van der Waals surface area contributed by atoms with Crippen LogP contribution in [0.25, 0.3) is 0 Å². The average molecular weight is 259 g/mol. The fourth-order valence-electron chi connectivity index (χ4n) is 2.04. The maximum atomic E-state index is 5.67. The highest BCUT2D eigenvalue weighted by molar-refractivity contribution is 5.43. The molecule has 1 aliphatic heterocycles. The molecule has 3 rings (SSSR count). The molecule has 0 saturated carbocycles. The molecule has 2 aromatic rings. The summed E-state index contributed by atoms with van der Waals surface area (Å²) in [4.78, 5) is 7.23. The number of nitrogens with zero attached hydrogens (tertiary/aromatic N) is 1. The molecule has 0 bridgehead atoms. The smallest absolute Gasteiger partial charge is 0.161 e. The normalized spacial score (nSPS) is 14.1. The minimum Gasteiger partial charge on any atom is -0.490 e. The molecule has 1 aromatic carbocycles. The molecule has 1 aromatic heterocycles. The van der Waals surface area contributed by atoms with Gasteiger partial charge in [-0.25, -0.2) is 4.98 Å². The molecule has 0 atom stereocenters. The standard InChI is InChI=1S/C14H17N3O2/c1-6-18-12-3-2-11(8-13(12)19-7-1)9-15-10-14-16-4-5-17-14/h2-5,8,15H,1,6-7,9-10H2,(H,16,17). The molecule has 0 fully saturated rings. The van der Waals surface area contributed by atoms with E-state index < -0.39 is 0 Å². The van der Waals surface area contributed by atoms with E-state index in [1.54, 1.807) is 6.20 Å². The van der Waals surface area contributed by atoms with Gasteiger partial charge >= 0.3 is 0 Å². The lowest BCUT2D eigenvalue weighted by Crippen LogP contribution is -2.13. The average Bonchev–Trinajstić information content (AvgIpc) is 2.83. The van der Waals surface area contributed by atoms with Crippen LogP contribution in [0.5, 0.6) is 11.5 Å². The maximum Gasteiger partial charge on any atom is 0.161 e. The van der Waals surface area contributed by atoms with Gasteiger partial charge < -0.3 is 19.8 Å². The van der Waals surface area contributed by atoms with Crippen LogP contribution < -0.4 is 14.8 Å². The zero-order valence-corrected chi connectivity index (χ0v) is 10.7. The first kappa shape index (κ1) is 12.0. The van der Waals surface area contributed by atoms with Crippen LogP contribution in [0, 0.1) is 0 Å². The lowest BCUT2D eigenvalue weighted by Gasteiger charge is -2.09. The van der Waals surface area contributed by atoms with Crippen molar-refractivity contribution < 1.29 is 9.47 Å². The Morgan fingerprint density at radius 3 is 2.89 bits per heavy atom. The Labute approximate surface area is 112 Å². The number of rotatable bonds is 4. The number of ether oxygens (including phenoxy) is 2. The van der Waals surface area contributed by atoms with Crippen LogP contribution in [0.2, 0.25) is 0 Å². The number of fused-ring (bicyclic) bond motifs is 1. The molecular formula is C14H17N3O2. The van der Waals surface area contributed by atoms with Gasteiger partial charge in [-0.15, -0.1) is 0 Å². The second-order valence-corrected chi connectivity index (χ2v) is 4.47. The molecular weight excluding hydrogens is 242 g/mol. The van der Waals surface area contributed by atoms with E-state index in [0.717, 1.165) is 50.0 Å². The van der Waals surface area contributed by atoms with E-state index in [2.05, 4.69) is 21.4 Å². The van der Waals surface area contributed by atoms with Gasteiger partial charge in [0.2, 0.25) is 0 Å². The van der Waals surface area contributed by atoms with Gasteiger partial charge in [0.25, 0.3) is 0 Å². The Bertz CT molecular complexity index is 525. The third kappa shape index (κ3) is 3.06. The van der Waals surface area contributed by atoms with Gasteiger partial charge in [0.05, 0.1) is 19.8 Å². The number of H-pyrrole nitrogens is 1. The minimum atomic E-state index is 0.719. The van der Waals surface area contributed by atoms with Crippen LogP contribution in [0.15, 0.2) is 30.6 Å². The van der Waals surface area contributed by atoms with E-state index >= 15 is 0 Å². The zero-order chi connectivity index (χ0) is 12.9. The Hall–Kier alpha value is -2.01. The Morgan fingerprint density at radius 1 is 1.16 bits per heavy atom. The highest BCUT2D eigenvalue weighted by atomic mass is 16.5. The van der Waals surface area contributed by atoms with Crippen molar-refractivity contribution in [2.24, 2.45) is 0 Å². The molecule has 2 N–H and O–H groups in total. The van der Waals surface area contributed by atoms with E-state index in [9.17, 15) is 0 Å². The molecule has 0 saturated heterocycles. The Balaban J connectivity index is 1.60. The number of hydrogen-bond donors (Lipinski definition) is 2. The van der Waals surface area contributed by atoms with Crippen LogP contribution in [0.3, 0.4) is 0 Å². The summed E-state index contributed by atoms with van der Waals surface area (Å²) in [7, 11) is 0. The van der Waals surface area contributed by atoms with Gasteiger partial charge in [0.1, 0.15) is 5.82 Å². The van der Waals surface area contributed by atoms with Crippen LogP contribution in [0.4, 0.5) is 0 Å². The van der Waals surface area contributed by atoms with Crippen molar-refractivity contribution >= 4 is 0 Å². The van der Waals surface area contributed by atoms with E-state index in [-0.39, 0.29) is 0 Å². The summed E-state index contributed by atoms with van der Waals surface area (Å²) in [5.41, 5.74) is 1.18. The maximum absolute atomic E-state index is 5.67. The monoisotopic (exact) mass is 259 g/mol. The van der Waals surface area contributed by atoms with Crippen molar-refractivity contribution in [3.05, 3.63) is 42.0 Å². The molecule has 19 heavy (non-hydrogen) atoms. The van der Waals surface area contributed by atoms with E-state index in [0.29, 0.717) is 0 Å². The highest BCUT2D eigenvalue weighted by Gasteiger charge is 2.10. The molecule has 0 aliphatic carbocycles. The summed E-state index contributed by atoms with van der Waals surface area (Å²) >= 11 is 0. The third-order valence-corrected chi connectivity index (χ3v) is 2.99.